The van der Waals surface area contributed by atoms with Gasteiger partial charge < -0.3 is 19.9 Å². The Kier molecular flexibility index (Phi) is 12.3. The SMILES string of the molecule is O=C(NCc1cccc(C(F)(F)F)c1)C(CCC(=O)N1CCN(C2CCCCC2)CC1)N1C(=O)[C@@H](N2C(=O)OC[C@@H]2c2ccccc2)[C@H]1CCc1ccccc1. The molecule has 4 atom stereocenters. The number of ether oxygens (including phenoxy) is 1. The van der Waals surface area contributed by atoms with E-state index >= 15 is 0 Å². The van der Waals surface area contributed by atoms with Crippen LogP contribution in [0.4, 0.5) is 18.0 Å². The van der Waals surface area contributed by atoms with Crippen molar-refractivity contribution in [3.63, 3.8) is 0 Å². The lowest BCUT2D eigenvalue weighted by atomic mass is 9.84. The molecule has 0 bridgehead atoms. The van der Waals surface area contributed by atoms with E-state index in [2.05, 4.69) is 10.2 Å². The molecule has 3 heterocycles. The van der Waals surface area contributed by atoms with Crippen LogP contribution in [0.1, 0.15) is 79.7 Å². The number of nitrogens with one attached hydrogen (secondary N) is 1. The number of carbonyl (C=O) groups is 4. The number of hydrogen-bond acceptors (Lipinski definition) is 6. The van der Waals surface area contributed by atoms with E-state index in [4.69, 9.17) is 4.74 Å². The average Bonchev–Trinajstić information content (AvgIpc) is 3.60. The van der Waals surface area contributed by atoms with Gasteiger partial charge in [-0.1, -0.05) is 92.1 Å². The zero-order chi connectivity index (χ0) is 39.2. The molecule has 3 saturated heterocycles. The molecule has 13 heteroatoms. The molecule has 4 fully saturated rings. The number of β-lactam (4-membered cyclic amide) rings is 1. The van der Waals surface area contributed by atoms with Gasteiger partial charge >= 0.3 is 12.3 Å². The number of halogens is 3. The van der Waals surface area contributed by atoms with Crippen LogP contribution in [-0.2, 0) is 38.3 Å². The minimum absolute atomic E-state index is 0.00330. The van der Waals surface area contributed by atoms with Gasteiger partial charge in [-0.05, 0) is 60.9 Å². The number of likely N-dealkylation sites (tertiary alicyclic amines) is 1. The summed E-state index contributed by atoms with van der Waals surface area (Å²) >= 11 is 0. The van der Waals surface area contributed by atoms with Crippen molar-refractivity contribution in [2.24, 2.45) is 0 Å². The Balaban J connectivity index is 1.12. The molecule has 0 aromatic heterocycles. The maximum atomic E-state index is 14.5. The maximum absolute atomic E-state index is 14.5. The number of piperazine rings is 1. The van der Waals surface area contributed by atoms with Crippen LogP contribution in [-0.4, -0.2) is 100 Å². The predicted octanol–water partition coefficient (Wildman–Crippen LogP) is 6.35. The van der Waals surface area contributed by atoms with Crippen molar-refractivity contribution in [2.45, 2.75) is 101 Å². The number of alkyl halides is 3. The molecule has 0 spiro atoms. The predicted molar refractivity (Wildman–Crippen MR) is 203 cm³/mol. The van der Waals surface area contributed by atoms with E-state index in [1.54, 1.807) is 0 Å². The van der Waals surface area contributed by atoms with Gasteiger partial charge in [0, 0.05) is 45.2 Å². The Labute approximate surface area is 325 Å². The van der Waals surface area contributed by atoms with Crippen molar-refractivity contribution in [3.05, 3.63) is 107 Å². The molecule has 10 nitrogen and oxygen atoms in total. The molecule has 1 N–H and O–H groups in total. The Morgan fingerprint density at radius 1 is 0.839 bits per heavy atom. The summed E-state index contributed by atoms with van der Waals surface area (Å²) in [6, 6.07) is 21.2. The fraction of sp³-hybridized carbons (Fsp3) is 0.488. The van der Waals surface area contributed by atoms with Crippen LogP contribution in [0, 0.1) is 0 Å². The van der Waals surface area contributed by atoms with Gasteiger partial charge in [0.15, 0.2) is 0 Å². The van der Waals surface area contributed by atoms with Crippen LogP contribution in [0.25, 0.3) is 0 Å². The molecule has 3 aromatic rings. The van der Waals surface area contributed by atoms with Gasteiger partial charge in [-0.25, -0.2) is 4.79 Å². The van der Waals surface area contributed by atoms with Gasteiger partial charge in [-0.2, -0.15) is 13.2 Å². The monoisotopic (exact) mass is 773 g/mol. The molecule has 3 aliphatic heterocycles. The van der Waals surface area contributed by atoms with E-state index in [9.17, 15) is 32.3 Å². The number of cyclic esters (lactones) is 1. The Bertz CT molecular complexity index is 1830. The van der Waals surface area contributed by atoms with Gasteiger partial charge in [0.2, 0.25) is 17.7 Å². The highest BCUT2D eigenvalue weighted by Gasteiger charge is 2.58. The van der Waals surface area contributed by atoms with Crippen molar-refractivity contribution in [1.29, 1.82) is 0 Å². The third-order valence-electron chi connectivity index (χ3n) is 11.9. The zero-order valence-corrected chi connectivity index (χ0v) is 31.5. The molecule has 4 amide bonds. The van der Waals surface area contributed by atoms with E-state index in [-0.39, 0.29) is 37.5 Å². The summed E-state index contributed by atoms with van der Waals surface area (Å²) < 4.78 is 46.0. The summed E-state index contributed by atoms with van der Waals surface area (Å²) in [5.74, 6) is -1.12. The van der Waals surface area contributed by atoms with Crippen molar-refractivity contribution < 1.29 is 37.1 Å². The molecule has 0 radical (unpaired) electrons. The van der Waals surface area contributed by atoms with Crippen molar-refractivity contribution in [3.8, 4) is 0 Å². The average molecular weight is 774 g/mol. The van der Waals surface area contributed by atoms with Crippen LogP contribution >= 0.6 is 0 Å². The van der Waals surface area contributed by atoms with Crippen molar-refractivity contribution >= 4 is 23.8 Å². The van der Waals surface area contributed by atoms with Crippen LogP contribution in [0.3, 0.4) is 0 Å². The minimum Gasteiger partial charge on any atom is -0.447 e. The third kappa shape index (κ3) is 8.88. The quantitative estimate of drug-likeness (QED) is 0.203. The number of nitrogens with zero attached hydrogens (tertiary/aromatic N) is 4. The summed E-state index contributed by atoms with van der Waals surface area (Å²) in [4.78, 5) is 63.1. The fourth-order valence-electron chi connectivity index (χ4n) is 8.93. The first-order valence-electron chi connectivity index (χ1n) is 19.9. The largest absolute Gasteiger partial charge is 0.447 e. The van der Waals surface area contributed by atoms with Gasteiger partial charge in [0.1, 0.15) is 18.7 Å². The highest BCUT2D eigenvalue weighted by atomic mass is 19.4. The van der Waals surface area contributed by atoms with Crippen LogP contribution in [0.15, 0.2) is 84.9 Å². The molecule has 4 aliphatic rings. The maximum Gasteiger partial charge on any atom is 0.416 e. The molecular formula is C43H50F3N5O5. The summed E-state index contributed by atoms with van der Waals surface area (Å²) in [7, 11) is 0. The minimum atomic E-state index is -4.55. The Morgan fingerprint density at radius 2 is 1.52 bits per heavy atom. The first kappa shape index (κ1) is 39.3. The molecule has 298 valence electrons. The Morgan fingerprint density at radius 3 is 2.21 bits per heavy atom. The smallest absolute Gasteiger partial charge is 0.416 e. The zero-order valence-electron chi connectivity index (χ0n) is 31.5. The Hall–Kier alpha value is -4.91. The molecule has 56 heavy (non-hydrogen) atoms. The number of carbonyl (C=O) groups excluding carboxylic acids is 4. The fourth-order valence-corrected chi connectivity index (χ4v) is 8.93. The summed E-state index contributed by atoms with van der Waals surface area (Å²) in [6.07, 6.45) is 1.92. The standard InChI is InChI=1S/C43H50F3N5O5/c44-43(45,46)33-16-10-13-31(27-33)28-47-40(53)36(21-22-38(52)49-25-23-48(24-26-49)34-17-8-3-9-18-34)50-35(20-19-30-11-4-1-5-12-30)39(41(50)54)51-37(29-56-42(51)55)32-14-6-2-7-15-32/h1-2,4-7,10-16,27,34-37,39H,3,8-9,17-26,28-29H2,(H,47,53)/t35-,36?,37-,39+/m1/s1. The second-order valence-electron chi connectivity index (χ2n) is 15.4. The first-order valence-corrected chi connectivity index (χ1v) is 19.9. The highest BCUT2D eigenvalue weighted by molar-refractivity contribution is 5.97. The van der Waals surface area contributed by atoms with E-state index < -0.39 is 53.8 Å². The number of hydrogen-bond donors (Lipinski definition) is 1. The summed E-state index contributed by atoms with van der Waals surface area (Å²) in [6.45, 7) is 2.63. The first-order chi connectivity index (χ1) is 27.1. The van der Waals surface area contributed by atoms with E-state index in [1.807, 2.05) is 65.6 Å². The number of aryl methyl sites for hydroxylation is 1. The topological polar surface area (TPSA) is 103 Å². The van der Waals surface area contributed by atoms with Crippen LogP contribution in [0.5, 0.6) is 0 Å². The highest BCUT2D eigenvalue weighted by Crippen LogP contribution is 2.40. The third-order valence-corrected chi connectivity index (χ3v) is 11.9. The molecule has 1 saturated carbocycles. The van der Waals surface area contributed by atoms with Gasteiger partial charge in [0.05, 0.1) is 17.6 Å². The molecule has 1 unspecified atom stereocenters. The summed E-state index contributed by atoms with van der Waals surface area (Å²) in [5, 5.41) is 2.78. The lowest BCUT2D eigenvalue weighted by Crippen LogP contribution is -2.74. The molecule has 3 aromatic carbocycles. The van der Waals surface area contributed by atoms with Crippen LogP contribution < -0.4 is 5.32 Å². The number of rotatable bonds is 13. The molecule has 7 rings (SSSR count). The van der Waals surface area contributed by atoms with E-state index in [0.29, 0.717) is 32.0 Å². The van der Waals surface area contributed by atoms with E-state index in [0.717, 1.165) is 36.3 Å². The lowest BCUT2D eigenvalue weighted by Gasteiger charge is -2.53. The summed E-state index contributed by atoms with van der Waals surface area (Å²) in [5.41, 5.74) is 1.25. The van der Waals surface area contributed by atoms with Gasteiger partial charge in [-0.3, -0.25) is 24.2 Å². The molecule has 1 aliphatic carbocycles. The van der Waals surface area contributed by atoms with Gasteiger partial charge in [-0.15, -0.1) is 0 Å². The number of benzene rings is 3. The van der Waals surface area contributed by atoms with E-state index in [1.165, 1.54) is 54.0 Å². The lowest BCUT2D eigenvalue weighted by molar-refractivity contribution is -0.167. The van der Waals surface area contributed by atoms with Gasteiger partial charge in [0.25, 0.3) is 0 Å². The second kappa shape index (κ2) is 17.5. The number of amides is 4. The normalized spacial score (nSPS) is 22.8. The second-order valence-corrected chi connectivity index (χ2v) is 15.4. The van der Waals surface area contributed by atoms with Crippen molar-refractivity contribution in [2.75, 3.05) is 32.8 Å². The van der Waals surface area contributed by atoms with Crippen LogP contribution in [0.2, 0.25) is 0 Å². The molecular weight excluding hydrogens is 723 g/mol. The van der Waals surface area contributed by atoms with Crippen molar-refractivity contribution in [1.82, 2.24) is 24.9 Å².